The van der Waals surface area contributed by atoms with Gasteiger partial charge in [-0.25, -0.2) is 0 Å². The van der Waals surface area contributed by atoms with Crippen molar-refractivity contribution in [2.24, 2.45) is 0 Å². The molecular formula is C16H26O3. The summed E-state index contributed by atoms with van der Waals surface area (Å²) in [5.74, 6) is 1.15. The largest absolute Gasteiger partial charge is 0.469 e. The fraction of sp³-hybridized carbons (Fsp3) is 0.750. The van der Waals surface area contributed by atoms with E-state index in [9.17, 15) is 0 Å². The van der Waals surface area contributed by atoms with Crippen molar-refractivity contribution in [1.82, 2.24) is 0 Å². The van der Waals surface area contributed by atoms with Crippen LogP contribution < -0.4 is 0 Å². The summed E-state index contributed by atoms with van der Waals surface area (Å²) in [5.41, 5.74) is 2.57. The minimum Gasteiger partial charge on any atom is -0.469 e. The van der Waals surface area contributed by atoms with Gasteiger partial charge in [-0.15, -0.1) is 0 Å². The lowest BCUT2D eigenvalue weighted by Crippen LogP contribution is -2.22. The fourth-order valence-corrected chi connectivity index (χ4v) is 2.42. The zero-order chi connectivity index (χ0) is 13.5. The van der Waals surface area contributed by atoms with Gasteiger partial charge in [0.2, 0.25) is 0 Å². The van der Waals surface area contributed by atoms with Gasteiger partial charge < -0.3 is 13.9 Å². The second-order valence-electron chi connectivity index (χ2n) is 5.44. The molecule has 1 aliphatic rings. The van der Waals surface area contributed by atoms with Crippen molar-refractivity contribution in [2.45, 2.75) is 65.1 Å². The van der Waals surface area contributed by atoms with Gasteiger partial charge in [0.25, 0.3) is 0 Å². The second kappa shape index (κ2) is 7.71. The third-order valence-electron chi connectivity index (χ3n) is 3.88. The molecule has 3 nitrogen and oxygen atoms in total. The van der Waals surface area contributed by atoms with Crippen LogP contribution in [0.15, 0.2) is 10.7 Å². The highest BCUT2D eigenvalue weighted by Crippen LogP contribution is 2.18. The molecule has 108 valence electrons. The van der Waals surface area contributed by atoms with Gasteiger partial charge in [-0.05, 0) is 57.1 Å². The smallest absolute Gasteiger partial charge is 0.157 e. The average molecular weight is 266 g/mol. The van der Waals surface area contributed by atoms with Crippen molar-refractivity contribution in [3.8, 4) is 0 Å². The SMILES string of the molecule is Cc1coc(CCCCCOC2CCCCO2)c1C. The standard InChI is InChI=1S/C16H26O3/c1-13-12-19-15(14(13)2)8-4-3-6-10-17-16-9-5-7-11-18-16/h12,16H,3-11H2,1-2H3. The average Bonchev–Trinajstić information content (AvgIpc) is 2.75. The van der Waals surface area contributed by atoms with Gasteiger partial charge in [0.1, 0.15) is 5.76 Å². The van der Waals surface area contributed by atoms with Crippen molar-refractivity contribution in [3.05, 3.63) is 23.2 Å². The summed E-state index contributed by atoms with van der Waals surface area (Å²) in [7, 11) is 0. The molecule has 3 heteroatoms. The van der Waals surface area contributed by atoms with Gasteiger partial charge in [0.15, 0.2) is 6.29 Å². The monoisotopic (exact) mass is 266 g/mol. The summed E-state index contributed by atoms with van der Waals surface area (Å²) in [6.07, 6.45) is 9.90. The van der Waals surface area contributed by atoms with Crippen molar-refractivity contribution < 1.29 is 13.9 Å². The zero-order valence-electron chi connectivity index (χ0n) is 12.2. The molecule has 0 radical (unpaired) electrons. The summed E-state index contributed by atoms with van der Waals surface area (Å²) in [6, 6.07) is 0. The van der Waals surface area contributed by atoms with Gasteiger partial charge in [0.05, 0.1) is 6.26 Å². The Morgan fingerprint density at radius 2 is 2.11 bits per heavy atom. The number of rotatable bonds is 7. The van der Waals surface area contributed by atoms with Crippen LogP contribution in [0, 0.1) is 13.8 Å². The van der Waals surface area contributed by atoms with Gasteiger partial charge in [-0.1, -0.05) is 6.42 Å². The molecule has 0 N–H and O–H groups in total. The minimum absolute atomic E-state index is 0.0590. The first kappa shape index (κ1) is 14.6. The van der Waals surface area contributed by atoms with E-state index in [0.717, 1.165) is 38.2 Å². The maximum absolute atomic E-state index is 5.72. The molecule has 1 saturated heterocycles. The molecule has 1 aliphatic heterocycles. The maximum Gasteiger partial charge on any atom is 0.157 e. The van der Waals surface area contributed by atoms with E-state index in [1.54, 1.807) is 0 Å². The zero-order valence-corrected chi connectivity index (χ0v) is 12.2. The highest BCUT2D eigenvalue weighted by molar-refractivity contribution is 5.24. The minimum atomic E-state index is 0.0590. The molecule has 0 spiro atoms. The van der Waals surface area contributed by atoms with E-state index in [0.29, 0.717) is 0 Å². The Morgan fingerprint density at radius 1 is 1.21 bits per heavy atom. The Morgan fingerprint density at radius 3 is 2.79 bits per heavy atom. The number of hydrogen-bond donors (Lipinski definition) is 0. The number of aryl methyl sites for hydroxylation is 2. The highest BCUT2D eigenvalue weighted by atomic mass is 16.7. The lowest BCUT2D eigenvalue weighted by Gasteiger charge is -2.22. The Balaban J connectivity index is 1.51. The molecule has 1 unspecified atom stereocenters. The van der Waals surface area contributed by atoms with Crippen LogP contribution in [0.2, 0.25) is 0 Å². The van der Waals surface area contributed by atoms with Crippen molar-refractivity contribution >= 4 is 0 Å². The quantitative estimate of drug-likeness (QED) is 0.695. The van der Waals surface area contributed by atoms with Crippen LogP contribution in [0.4, 0.5) is 0 Å². The van der Waals surface area contributed by atoms with E-state index in [1.807, 2.05) is 6.26 Å². The van der Waals surface area contributed by atoms with Crippen molar-refractivity contribution in [3.63, 3.8) is 0 Å². The molecule has 19 heavy (non-hydrogen) atoms. The number of furan rings is 1. The number of ether oxygens (including phenoxy) is 2. The van der Waals surface area contributed by atoms with Crippen LogP contribution in [-0.2, 0) is 15.9 Å². The molecule has 1 atom stereocenters. The van der Waals surface area contributed by atoms with Gasteiger partial charge in [-0.2, -0.15) is 0 Å². The lowest BCUT2D eigenvalue weighted by atomic mass is 10.1. The molecule has 0 saturated carbocycles. The normalized spacial score (nSPS) is 19.8. The first-order chi connectivity index (χ1) is 9.27. The van der Waals surface area contributed by atoms with E-state index < -0.39 is 0 Å². The lowest BCUT2D eigenvalue weighted by molar-refractivity contribution is -0.162. The molecule has 1 aromatic rings. The van der Waals surface area contributed by atoms with E-state index in [2.05, 4.69) is 13.8 Å². The Kier molecular flexibility index (Phi) is 5.93. The predicted octanol–water partition coefficient (Wildman–Crippen LogP) is 4.15. The van der Waals surface area contributed by atoms with Crippen molar-refractivity contribution in [2.75, 3.05) is 13.2 Å². The van der Waals surface area contributed by atoms with Crippen LogP contribution >= 0.6 is 0 Å². The fourth-order valence-electron chi connectivity index (χ4n) is 2.42. The third kappa shape index (κ3) is 4.66. The number of hydrogen-bond acceptors (Lipinski definition) is 3. The topological polar surface area (TPSA) is 31.6 Å². The summed E-state index contributed by atoms with van der Waals surface area (Å²) in [4.78, 5) is 0. The molecule has 0 aromatic carbocycles. The van der Waals surface area contributed by atoms with Crippen LogP contribution in [-0.4, -0.2) is 19.5 Å². The third-order valence-corrected chi connectivity index (χ3v) is 3.88. The summed E-state index contributed by atoms with van der Waals surface area (Å²) in [6.45, 7) is 5.92. The highest BCUT2D eigenvalue weighted by Gasteiger charge is 2.13. The van der Waals surface area contributed by atoms with Crippen molar-refractivity contribution in [1.29, 1.82) is 0 Å². The Bertz CT molecular complexity index is 364. The summed E-state index contributed by atoms with van der Waals surface area (Å²) >= 11 is 0. The first-order valence-corrected chi connectivity index (χ1v) is 7.54. The summed E-state index contributed by atoms with van der Waals surface area (Å²) < 4.78 is 16.8. The van der Waals surface area contributed by atoms with Gasteiger partial charge in [-0.3, -0.25) is 0 Å². The van der Waals surface area contributed by atoms with E-state index >= 15 is 0 Å². The molecule has 2 rings (SSSR count). The summed E-state index contributed by atoms with van der Waals surface area (Å²) in [5, 5.41) is 0. The van der Waals surface area contributed by atoms with E-state index in [1.165, 1.54) is 36.8 Å². The van der Waals surface area contributed by atoms with Crippen LogP contribution in [0.5, 0.6) is 0 Å². The molecule has 1 aromatic heterocycles. The van der Waals surface area contributed by atoms with Gasteiger partial charge >= 0.3 is 0 Å². The molecule has 1 fully saturated rings. The Hall–Kier alpha value is -0.800. The molecular weight excluding hydrogens is 240 g/mol. The van der Waals surface area contributed by atoms with Gasteiger partial charge in [0, 0.05) is 19.6 Å². The molecule has 2 heterocycles. The van der Waals surface area contributed by atoms with Crippen LogP contribution in [0.3, 0.4) is 0 Å². The molecule has 0 bridgehead atoms. The maximum atomic E-state index is 5.72. The van der Waals surface area contributed by atoms with E-state index in [-0.39, 0.29) is 6.29 Å². The van der Waals surface area contributed by atoms with Crippen LogP contribution in [0.25, 0.3) is 0 Å². The predicted molar refractivity (Wildman–Crippen MR) is 75.3 cm³/mol. The molecule has 0 aliphatic carbocycles. The Labute approximate surface area is 116 Å². The number of unbranched alkanes of at least 4 members (excludes halogenated alkanes) is 2. The molecule has 0 amide bonds. The van der Waals surface area contributed by atoms with E-state index in [4.69, 9.17) is 13.9 Å². The first-order valence-electron chi connectivity index (χ1n) is 7.54. The van der Waals surface area contributed by atoms with Crippen LogP contribution in [0.1, 0.15) is 55.4 Å². The second-order valence-corrected chi connectivity index (χ2v) is 5.44.